The molecule has 3 rings (SSSR count). The topological polar surface area (TPSA) is 67.3 Å². The predicted octanol–water partition coefficient (Wildman–Crippen LogP) is 4.71. The second-order valence-corrected chi connectivity index (χ2v) is 8.63. The molecule has 0 radical (unpaired) electrons. The smallest absolute Gasteiger partial charge is 0.210 e. The summed E-state index contributed by atoms with van der Waals surface area (Å²) in [5.41, 5.74) is 3.84. The highest BCUT2D eigenvalue weighted by atomic mass is 32.2. The van der Waals surface area contributed by atoms with Crippen LogP contribution in [0.2, 0.25) is 0 Å². The first-order chi connectivity index (χ1) is 13.5. The number of nitrogens with one attached hydrogen (secondary N) is 1. The van der Waals surface area contributed by atoms with E-state index in [2.05, 4.69) is 28.5 Å². The number of aryl methyl sites for hydroxylation is 2. The molecule has 3 aromatic rings. The minimum Gasteiger partial charge on any atom is -0.390 e. The lowest BCUT2D eigenvalue weighted by Gasteiger charge is -2.10. The quantitative estimate of drug-likeness (QED) is 0.490. The van der Waals surface area contributed by atoms with E-state index in [1.165, 1.54) is 34.7 Å². The zero-order valence-electron chi connectivity index (χ0n) is 15.7. The molecule has 148 valence electrons. The number of rotatable bonds is 9. The minimum atomic E-state index is -0.670. The molecule has 5 nitrogen and oxygen atoms in total. The standard InChI is InChI=1S/C20H22FN3O2S2/c1-13-7-8-18(14(2)9-13)22-19-23-24-20(28-19)27-12-16(25)11-26-10-15-5-3-4-6-17(15)21/h3-9,16,25H,10-12H2,1-2H3,(H,22,23)/t16-/m1/s1. The molecule has 0 unspecified atom stereocenters. The van der Waals surface area contributed by atoms with Gasteiger partial charge in [-0.05, 0) is 31.5 Å². The van der Waals surface area contributed by atoms with Crippen LogP contribution < -0.4 is 5.32 Å². The number of hydrogen-bond acceptors (Lipinski definition) is 7. The van der Waals surface area contributed by atoms with Gasteiger partial charge in [-0.3, -0.25) is 0 Å². The predicted molar refractivity (Wildman–Crippen MR) is 112 cm³/mol. The van der Waals surface area contributed by atoms with Crippen LogP contribution in [-0.4, -0.2) is 33.8 Å². The molecular weight excluding hydrogens is 397 g/mol. The molecular formula is C20H22FN3O2S2. The summed E-state index contributed by atoms with van der Waals surface area (Å²) in [7, 11) is 0. The van der Waals surface area contributed by atoms with Crippen molar-refractivity contribution in [2.45, 2.75) is 30.9 Å². The summed E-state index contributed by atoms with van der Waals surface area (Å²) in [4.78, 5) is 0. The molecule has 28 heavy (non-hydrogen) atoms. The van der Waals surface area contributed by atoms with Crippen LogP contribution in [0.1, 0.15) is 16.7 Å². The van der Waals surface area contributed by atoms with Gasteiger partial charge in [0.2, 0.25) is 5.13 Å². The summed E-state index contributed by atoms with van der Waals surface area (Å²) in [5.74, 6) is 0.124. The minimum absolute atomic E-state index is 0.133. The molecule has 0 saturated carbocycles. The van der Waals surface area contributed by atoms with Crippen LogP contribution in [-0.2, 0) is 11.3 Å². The maximum Gasteiger partial charge on any atom is 0.210 e. The average Bonchev–Trinajstić information content (AvgIpc) is 3.11. The van der Waals surface area contributed by atoms with Gasteiger partial charge in [-0.2, -0.15) is 0 Å². The van der Waals surface area contributed by atoms with Gasteiger partial charge < -0.3 is 15.2 Å². The van der Waals surface area contributed by atoms with Crippen molar-refractivity contribution >= 4 is 33.9 Å². The third kappa shape index (κ3) is 6.00. The van der Waals surface area contributed by atoms with Crippen molar-refractivity contribution in [2.75, 3.05) is 17.7 Å². The van der Waals surface area contributed by atoms with E-state index in [0.717, 1.165) is 15.6 Å². The maximum absolute atomic E-state index is 13.5. The van der Waals surface area contributed by atoms with Crippen LogP contribution in [0.5, 0.6) is 0 Å². The molecule has 0 bridgehead atoms. The number of aliphatic hydroxyl groups excluding tert-OH is 1. The Labute approximate surface area is 172 Å². The van der Waals surface area contributed by atoms with Gasteiger partial charge in [0.1, 0.15) is 5.82 Å². The molecule has 0 fully saturated rings. The highest BCUT2D eigenvalue weighted by molar-refractivity contribution is 8.01. The van der Waals surface area contributed by atoms with Crippen molar-refractivity contribution in [2.24, 2.45) is 0 Å². The van der Waals surface area contributed by atoms with E-state index < -0.39 is 6.10 Å². The van der Waals surface area contributed by atoms with Crippen molar-refractivity contribution in [1.82, 2.24) is 10.2 Å². The SMILES string of the molecule is Cc1ccc(Nc2nnc(SC[C@H](O)COCc3ccccc3F)s2)c(C)c1. The lowest BCUT2D eigenvalue weighted by atomic mass is 10.1. The number of aromatic nitrogens is 2. The summed E-state index contributed by atoms with van der Waals surface area (Å²) in [6.45, 7) is 4.37. The fourth-order valence-electron chi connectivity index (χ4n) is 2.52. The number of anilines is 2. The first-order valence-corrected chi connectivity index (χ1v) is 10.6. The van der Waals surface area contributed by atoms with Crippen molar-refractivity contribution in [3.8, 4) is 0 Å². The van der Waals surface area contributed by atoms with Gasteiger partial charge in [0.25, 0.3) is 0 Å². The lowest BCUT2D eigenvalue weighted by Crippen LogP contribution is -2.18. The molecule has 0 aliphatic rings. The summed E-state index contributed by atoms with van der Waals surface area (Å²) in [5, 5.41) is 22.3. The van der Waals surface area contributed by atoms with E-state index >= 15 is 0 Å². The number of ether oxygens (including phenoxy) is 1. The van der Waals surface area contributed by atoms with Crippen LogP contribution in [0.4, 0.5) is 15.2 Å². The normalized spacial score (nSPS) is 12.1. The highest BCUT2D eigenvalue weighted by Gasteiger charge is 2.11. The maximum atomic E-state index is 13.5. The van der Waals surface area contributed by atoms with E-state index in [-0.39, 0.29) is 19.0 Å². The van der Waals surface area contributed by atoms with Crippen molar-refractivity contribution < 1.29 is 14.2 Å². The van der Waals surface area contributed by atoms with Crippen LogP contribution in [0, 0.1) is 19.7 Å². The van der Waals surface area contributed by atoms with E-state index in [9.17, 15) is 9.50 Å². The molecule has 0 amide bonds. The molecule has 2 N–H and O–H groups in total. The van der Waals surface area contributed by atoms with Gasteiger partial charge in [-0.15, -0.1) is 10.2 Å². The monoisotopic (exact) mass is 419 g/mol. The van der Waals surface area contributed by atoms with Crippen LogP contribution in [0.3, 0.4) is 0 Å². The van der Waals surface area contributed by atoms with Crippen molar-refractivity contribution in [1.29, 1.82) is 0 Å². The van der Waals surface area contributed by atoms with Gasteiger partial charge in [-0.1, -0.05) is 59.0 Å². The third-order valence-electron chi connectivity index (χ3n) is 3.95. The average molecular weight is 420 g/mol. The number of halogens is 1. The van der Waals surface area contributed by atoms with E-state index in [4.69, 9.17) is 4.74 Å². The van der Waals surface area contributed by atoms with Gasteiger partial charge in [0.15, 0.2) is 4.34 Å². The van der Waals surface area contributed by atoms with Crippen LogP contribution in [0.25, 0.3) is 0 Å². The van der Waals surface area contributed by atoms with Crippen molar-refractivity contribution in [3.05, 3.63) is 65.0 Å². The summed E-state index contributed by atoms with van der Waals surface area (Å²) < 4.78 is 19.7. The van der Waals surface area contributed by atoms with Gasteiger partial charge in [0, 0.05) is 17.0 Å². The van der Waals surface area contributed by atoms with Gasteiger partial charge in [-0.25, -0.2) is 4.39 Å². The molecule has 0 aliphatic heterocycles. The molecule has 0 aliphatic carbocycles. The van der Waals surface area contributed by atoms with E-state index in [1.807, 2.05) is 19.1 Å². The first-order valence-electron chi connectivity index (χ1n) is 8.81. The number of benzene rings is 2. The number of nitrogens with zero attached hydrogens (tertiary/aromatic N) is 2. The van der Waals surface area contributed by atoms with E-state index in [0.29, 0.717) is 16.4 Å². The lowest BCUT2D eigenvalue weighted by molar-refractivity contribution is 0.0387. The summed E-state index contributed by atoms with van der Waals surface area (Å²) in [6, 6.07) is 12.6. The molecule has 1 heterocycles. The third-order valence-corrected chi connectivity index (χ3v) is 6.07. The molecule has 1 aromatic heterocycles. The Bertz CT molecular complexity index is 920. The molecule has 0 saturated heterocycles. The number of thioether (sulfide) groups is 1. The number of hydrogen-bond donors (Lipinski definition) is 2. The Morgan fingerprint density at radius 2 is 2.04 bits per heavy atom. The van der Waals surface area contributed by atoms with Crippen molar-refractivity contribution in [3.63, 3.8) is 0 Å². The fourth-order valence-corrected chi connectivity index (χ4v) is 4.22. The summed E-state index contributed by atoms with van der Waals surface area (Å²) in [6.07, 6.45) is -0.670. The summed E-state index contributed by atoms with van der Waals surface area (Å²) >= 11 is 2.85. The fraction of sp³-hybridized carbons (Fsp3) is 0.300. The molecule has 1 atom stereocenters. The van der Waals surface area contributed by atoms with E-state index in [1.54, 1.807) is 18.2 Å². The molecule has 2 aromatic carbocycles. The largest absolute Gasteiger partial charge is 0.390 e. The molecule has 0 spiro atoms. The Morgan fingerprint density at radius 3 is 2.82 bits per heavy atom. The zero-order chi connectivity index (χ0) is 19.9. The van der Waals surface area contributed by atoms with Crippen LogP contribution in [0.15, 0.2) is 46.8 Å². The Morgan fingerprint density at radius 1 is 1.21 bits per heavy atom. The Kier molecular flexibility index (Phi) is 7.38. The second-order valence-electron chi connectivity index (χ2n) is 6.39. The van der Waals surface area contributed by atoms with Gasteiger partial charge >= 0.3 is 0 Å². The highest BCUT2D eigenvalue weighted by Crippen LogP contribution is 2.29. The second kappa shape index (κ2) is 9.97. The molecule has 8 heteroatoms. The van der Waals surface area contributed by atoms with Crippen LogP contribution >= 0.6 is 23.1 Å². The Hall–Kier alpha value is -2.00. The Balaban J connectivity index is 1.43. The zero-order valence-corrected chi connectivity index (χ0v) is 17.3. The number of aliphatic hydroxyl groups is 1. The van der Waals surface area contributed by atoms with Gasteiger partial charge in [0.05, 0.1) is 19.3 Å². The first kappa shape index (κ1) is 20.7.